The molecule has 3 heterocycles. The number of anilines is 1. The van der Waals surface area contributed by atoms with Gasteiger partial charge in [0, 0.05) is 48.8 Å². The minimum atomic E-state index is -0.164. The monoisotopic (exact) mass is 449 g/mol. The number of benzene rings is 1. The Morgan fingerprint density at radius 2 is 2.03 bits per heavy atom. The first-order valence-corrected chi connectivity index (χ1v) is 11.8. The van der Waals surface area contributed by atoms with Gasteiger partial charge in [0.15, 0.2) is 5.16 Å². The first kappa shape index (κ1) is 22.1. The molecule has 1 unspecified atom stereocenters. The van der Waals surface area contributed by atoms with Crippen molar-refractivity contribution in [2.24, 2.45) is 0 Å². The van der Waals surface area contributed by atoms with E-state index < -0.39 is 0 Å². The second-order valence-corrected chi connectivity index (χ2v) is 8.86. The van der Waals surface area contributed by atoms with Crippen LogP contribution in [0.3, 0.4) is 0 Å². The minimum absolute atomic E-state index is 0.0424. The topological polar surface area (TPSA) is 91.0 Å². The summed E-state index contributed by atoms with van der Waals surface area (Å²) in [5.74, 6) is 1.63. The summed E-state index contributed by atoms with van der Waals surface area (Å²) in [4.78, 5) is 39.0. The van der Waals surface area contributed by atoms with Gasteiger partial charge in [-0.15, -0.1) is 0 Å². The molecule has 0 radical (unpaired) electrons. The third-order valence-electron chi connectivity index (χ3n) is 5.55. The zero-order valence-electron chi connectivity index (χ0n) is 18.1. The van der Waals surface area contributed by atoms with Crippen molar-refractivity contribution in [3.63, 3.8) is 0 Å². The summed E-state index contributed by atoms with van der Waals surface area (Å²) in [5.41, 5.74) is 2.26. The summed E-state index contributed by atoms with van der Waals surface area (Å²) in [5, 5.41) is 3.69. The average molecular weight is 450 g/mol. The fourth-order valence-electron chi connectivity index (χ4n) is 3.84. The van der Waals surface area contributed by atoms with Crippen LogP contribution in [-0.4, -0.2) is 40.0 Å². The molecule has 2 aromatic heterocycles. The van der Waals surface area contributed by atoms with Gasteiger partial charge >= 0.3 is 0 Å². The number of carbonyl (C=O) groups excluding carboxylic acids is 1. The normalized spacial score (nSPS) is 15.7. The number of nitrogens with zero attached hydrogens (tertiary/aromatic N) is 3. The number of hydrogen-bond acceptors (Lipinski definition) is 6. The van der Waals surface area contributed by atoms with Crippen molar-refractivity contribution in [2.45, 2.75) is 43.1 Å². The van der Waals surface area contributed by atoms with Crippen LogP contribution in [0.15, 0.2) is 64.7 Å². The van der Waals surface area contributed by atoms with Gasteiger partial charge in [0.25, 0.3) is 5.56 Å². The van der Waals surface area contributed by atoms with E-state index in [9.17, 15) is 9.59 Å². The molecular formula is C24H27N5O2S. The van der Waals surface area contributed by atoms with Crippen LogP contribution in [0.25, 0.3) is 0 Å². The third kappa shape index (κ3) is 5.76. The third-order valence-corrected chi connectivity index (χ3v) is 6.49. The number of aromatic amines is 1. The van der Waals surface area contributed by atoms with Crippen LogP contribution in [0.5, 0.6) is 0 Å². The van der Waals surface area contributed by atoms with E-state index in [0.717, 1.165) is 31.1 Å². The maximum Gasteiger partial charge on any atom is 0.254 e. The first-order chi connectivity index (χ1) is 15.6. The Morgan fingerprint density at radius 3 is 2.78 bits per heavy atom. The maximum atomic E-state index is 12.6. The number of aromatic nitrogens is 3. The van der Waals surface area contributed by atoms with Crippen LogP contribution in [0.4, 0.5) is 5.82 Å². The van der Waals surface area contributed by atoms with E-state index >= 15 is 0 Å². The van der Waals surface area contributed by atoms with E-state index in [1.807, 2.05) is 55.5 Å². The number of nitrogens with one attached hydrogen (secondary N) is 2. The summed E-state index contributed by atoms with van der Waals surface area (Å²) < 4.78 is 0. The lowest BCUT2D eigenvalue weighted by atomic mass is 10.1. The molecule has 0 bridgehead atoms. The Balaban J connectivity index is 1.28. The van der Waals surface area contributed by atoms with Gasteiger partial charge in [0.05, 0.1) is 0 Å². The SMILES string of the molecule is Cc1nc(SCc2ccccc2)[nH]c(=O)c1CCC(=O)NC1CCN(c2ccccn2)C1. The molecule has 1 aromatic carbocycles. The molecule has 1 fully saturated rings. The lowest BCUT2D eigenvalue weighted by Gasteiger charge is -2.17. The fourth-order valence-corrected chi connectivity index (χ4v) is 4.70. The van der Waals surface area contributed by atoms with Gasteiger partial charge in [0.2, 0.25) is 5.91 Å². The number of H-pyrrole nitrogens is 1. The Kier molecular flexibility index (Phi) is 7.21. The van der Waals surface area contributed by atoms with E-state index in [4.69, 9.17) is 0 Å². The second-order valence-electron chi connectivity index (χ2n) is 7.90. The first-order valence-electron chi connectivity index (χ1n) is 10.8. The van der Waals surface area contributed by atoms with Crippen molar-refractivity contribution in [1.82, 2.24) is 20.3 Å². The van der Waals surface area contributed by atoms with Crippen LogP contribution >= 0.6 is 11.8 Å². The maximum absolute atomic E-state index is 12.6. The summed E-state index contributed by atoms with van der Waals surface area (Å²) >= 11 is 1.50. The summed E-state index contributed by atoms with van der Waals surface area (Å²) in [6.07, 6.45) is 3.31. The molecule has 166 valence electrons. The Labute approximate surface area is 191 Å². The molecule has 1 aliphatic heterocycles. The second kappa shape index (κ2) is 10.5. The molecule has 32 heavy (non-hydrogen) atoms. The van der Waals surface area contributed by atoms with Crippen molar-refractivity contribution in [3.8, 4) is 0 Å². The van der Waals surface area contributed by atoms with E-state index in [1.165, 1.54) is 17.3 Å². The molecule has 0 aliphatic carbocycles. The highest BCUT2D eigenvalue weighted by atomic mass is 32.2. The highest BCUT2D eigenvalue weighted by molar-refractivity contribution is 7.98. The fraction of sp³-hybridized carbons (Fsp3) is 0.333. The van der Waals surface area contributed by atoms with E-state index in [-0.39, 0.29) is 23.9 Å². The molecule has 2 N–H and O–H groups in total. The van der Waals surface area contributed by atoms with Crippen molar-refractivity contribution < 1.29 is 4.79 Å². The molecular weight excluding hydrogens is 422 g/mol. The lowest BCUT2D eigenvalue weighted by Crippen LogP contribution is -2.37. The standard InChI is InChI=1S/C24H27N5O2S/c1-17-20(23(31)28-24(26-17)32-16-18-7-3-2-4-8-18)10-11-22(30)27-19-12-14-29(15-19)21-9-5-6-13-25-21/h2-9,13,19H,10-12,14-16H2,1H3,(H,27,30)(H,26,28,31). The van der Waals surface area contributed by atoms with Crippen LogP contribution < -0.4 is 15.8 Å². The number of thioether (sulfide) groups is 1. The van der Waals surface area contributed by atoms with E-state index in [0.29, 0.717) is 22.8 Å². The highest BCUT2D eigenvalue weighted by Gasteiger charge is 2.24. The molecule has 3 aromatic rings. The van der Waals surface area contributed by atoms with E-state index in [1.54, 1.807) is 6.20 Å². The van der Waals surface area contributed by atoms with Gasteiger partial charge in [-0.1, -0.05) is 48.2 Å². The Bertz CT molecular complexity index is 1100. The molecule has 4 rings (SSSR count). The van der Waals surface area contributed by atoms with Gasteiger partial charge in [-0.05, 0) is 37.5 Å². The van der Waals surface area contributed by atoms with Crippen LogP contribution in [-0.2, 0) is 17.0 Å². The molecule has 1 atom stereocenters. The molecule has 1 aliphatic rings. The summed E-state index contributed by atoms with van der Waals surface area (Å²) in [7, 11) is 0. The minimum Gasteiger partial charge on any atom is -0.354 e. The van der Waals surface area contributed by atoms with Crippen molar-refractivity contribution in [3.05, 3.63) is 81.9 Å². The summed E-state index contributed by atoms with van der Waals surface area (Å²) in [6.45, 7) is 3.45. The van der Waals surface area contributed by atoms with E-state index in [2.05, 4.69) is 25.2 Å². The van der Waals surface area contributed by atoms with Crippen LogP contribution in [0, 0.1) is 6.92 Å². The number of pyridine rings is 1. The number of hydrogen-bond donors (Lipinski definition) is 2. The zero-order valence-corrected chi connectivity index (χ0v) is 18.9. The van der Waals surface area contributed by atoms with Crippen LogP contribution in [0.2, 0.25) is 0 Å². The van der Waals surface area contributed by atoms with Crippen LogP contribution in [0.1, 0.15) is 29.7 Å². The van der Waals surface area contributed by atoms with Crippen molar-refractivity contribution in [1.29, 1.82) is 0 Å². The lowest BCUT2D eigenvalue weighted by molar-refractivity contribution is -0.121. The zero-order chi connectivity index (χ0) is 22.3. The molecule has 0 saturated carbocycles. The van der Waals surface area contributed by atoms with Gasteiger partial charge in [-0.3, -0.25) is 9.59 Å². The average Bonchev–Trinajstić information content (AvgIpc) is 3.27. The predicted octanol–water partition coefficient (Wildman–Crippen LogP) is 3.09. The molecule has 8 heteroatoms. The highest BCUT2D eigenvalue weighted by Crippen LogP contribution is 2.19. The van der Waals surface area contributed by atoms with Gasteiger partial charge in [-0.2, -0.15) is 0 Å². The van der Waals surface area contributed by atoms with Gasteiger partial charge in [-0.25, -0.2) is 9.97 Å². The van der Waals surface area contributed by atoms with Gasteiger partial charge < -0.3 is 15.2 Å². The smallest absolute Gasteiger partial charge is 0.254 e. The van der Waals surface area contributed by atoms with Crippen molar-refractivity contribution in [2.75, 3.05) is 18.0 Å². The van der Waals surface area contributed by atoms with Crippen molar-refractivity contribution >= 4 is 23.5 Å². The molecule has 7 nitrogen and oxygen atoms in total. The largest absolute Gasteiger partial charge is 0.354 e. The number of carbonyl (C=O) groups is 1. The quantitative estimate of drug-likeness (QED) is 0.406. The summed E-state index contributed by atoms with van der Waals surface area (Å²) in [6, 6.07) is 16.0. The molecule has 1 amide bonds. The number of amides is 1. The Morgan fingerprint density at radius 1 is 1.22 bits per heavy atom. The molecule has 0 spiro atoms. The number of rotatable bonds is 8. The number of aryl methyl sites for hydroxylation is 1. The predicted molar refractivity (Wildman–Crippen MR) is 127 cm³/mol. The molecule has 1 saturated heterocycles. The Hall–Kier alpha value is -3.13. The van der Waals surface area contributed by atoms with Gasteiger partial charge in [0.1, 0.15) is 5.82 Å².